The van der Waals surface area contributed by atoms with Gasteiger partial charge in [0.2, 0.25) is 0 Å². The predicted molar refractivity (Wildman–Crippen MR) is 72.8 cm³/mol. The van der Waals surface area contributed by atoms with Crippen LogP contribution in [0.4, 0.5) is 0 Å². The summed E-state index contributed by atoms with van der Waals surface area (Å²) in [5.74, 6) is 0.913. The molecule has 1 unspecified atom stereocenters. The quantitative estimate of drug-likeness (QED) is 0.870. The van der Waals surface area contributed by atoms with Crippen molar-refractivity contribution in [3.05, 3.63) is 29.8 Å². The lowest BCUT2D eigenvalue weighted by Crippen LogP contribution is -2.45. The summed E-state index contributed by atoms with van der Waals surface area (Å²) < 4.78 is 5.48. The average Bonchev–Trinajstić information content (AvgIpc) is 2.33. The van der Waals surface area contributed by atoms with Crippen LogP contribution in [0.15, 0.2) is 24.3 Å². The minimum Gasteiger partial charge on any atom is -0.496 e. The number of hydrogen-bond acceptors (Lipinski definition) is 3. The van der Waals surface area contributed by atoms with E-state index in [1.54, 1.807) is 7.11 Å². The molecule has 1 atom stereocenters. The summed E-state index contributed by atoms with van der Waals surface area (Å²) in [7, 11) is 5.86. The van der Waals surface area contributed by atoms with Crippen LogP contribution >= 0.6 is 0 Å². The van der Waals surface area contributed by atoms with Crippen LogP contribution in [0, 0.1) is 5.41 Å². The van der Waals surface area contributed by atoms with Gasteiger partial charge in [0, 0.05) is 17.0 Å². The summed E-state index contributed by atoms with van der Waals surface area (Å²) >= 11 is 0. The standard InChI is InChI=1S/C15H23NO2/c1-16(2)14(15(11-17)9-6-10-15)12-7-4-5-8-13(12)18-3/h4-5,7-8,14,17H,6,9-11H2,1-3H3. The number of hydrogen-bond donors (Lipinski definition) is 1. The Kier molecular flexibility index (Phi) is 3.93. The summed E-state index contributed by atoms with van der Waals surface area (Å²) in [6.45, 7) is 0.244. The summed E-state index contributed by atoms with van der Waals surface area (Å²) in [6, 6.07) is 8.35. The van der Waals surface area contributed by atoms with E-state index in [-0.39, 0.29) is 18.1 Å². The van der Waals surface area contributed by atoms with Gasteiger partial charge in [0.05, 0.1) is 13.7 Å². The Morgan fingerprint density at radius 3 is 2.44 bits per heavy atom. The number of benzene rings is 1. The molecule has 0 spiro atoms. The van der Waals surface area contributed by atoms with Gasteiger partial charge in [-0.2, -0.15) is 0 Å². The van der Waals surface area contributed by atoms with Gasteiger partial charge < -0.3 is 14.7 Å². The first-order valence-electron chi connectivity index (χ1n) is 6.55. The van der Waals surface area contributed by atoms with Crippen LogP contribution in [-0.4, -0.2) is 37.8 Å². The number of ether oxygens (including phenoxy) is 1. The summed E-state index contributed by atoms with van der Waals surface area (Å²) in [4.78, 5) is 2.20. The van der Waals surface area contributed by atoms with E-state index in [4.69, 9.17) is 4.74 Å². The lowest BCUT2D eigenvalue weighted by molar-refractivity contribution is -0.0316. The average molecular weight is 249 g/mol. The van der Waals surface area contributed by atoms with Gasteiger partial charge in [-0.25, -0.2) is 0 Å². The molecule has 0 aromatic heterocycles. The Morgan fingerprint density at radius 2 is 2.00 bits per heavy atom. The van der Waals surface area contributed by atoms with Crippen LogP contribution in [0.5, 0.6) is 5.75 Å². The maximum atomic E-state index is 9.81. The SMILES string of the molecule is COc1ccccc1C(N(C)C)C1(CO)CCC1. The molecule has 3 nitrogen and oxygen atoms in total. The first-order chi connectivity index (χ1) is 8.64. The molecule has 1 saturated carbocycles. The molecular weight excluding hydrogens is 226 g/mol. The van der Waals surface area contributed by atoms with Gasteiger partial charge in [-0.05, 0) is 33.0 Å². The molecule has 0 bridgehead atoms. The highest BCUT2D eigenvalue weighted by atomic mass is 16.5. The van der Waals surface area contributed by atoms with Crippen LogP contribution < -0.4 is 4.74 Å². The molecule has 2 rings (SSSR count). The van der Waals surface area contributed by atoms with E-state index in [2.05, 4.69) is 25.1 Å². The monoisotopic (exact) mass is 249 g/mol. The second-order valence-electron chi connectivity index (χ2n) is 5.48. The van der Waals surface area contributed by atoms with Crippen molar-refractivity contribution >= 4 is 0 Å². The molecule has 1 aromatic carbocycles. The van der Waals surface area contributed by atoms with Gasteiger partial charge in [-0.1, -0.05) is 24.6 Å². The van der Waals surface area contributed by atoms with E-state index >= 15 is 0 Å². The molecule has 1 aliphatic rings. The lowest BCUT2D eigenvalue weighted by atomic mass is 9.62. The third-order valence-corrected chi connectivity index (χ3v) is 4.19. The second-order valence-corrected chi connectivity index (χ2v) is 5.48. The highest BCUT2D eigenvalue weighted by molar-refractivity contribution is 5.37. The fraction of sp³-hybridized carbons (Fsp3) is 0.600. The zero-order valence-corrected chi connectivity index (χ0v) is 11.5. The van der Waals surface area contributed by atoms with Crippen molar-refractivity contribution in [1.29, 1.82) is 0 Å². The Balaban J connectivity index is 2.41. The molecule has 100 valence electrons. The van der Waals surface area contributed by atoms with Crippen LogP contribution in [0.25, 0.3) is 0 Å². The van der Waals surface area contributed by atoms with E-state index in [1.807, 2.05) is 18.2 Å². The third-order valence-electron chi connectivity index (χ3n) is 4.19. The smallest absolute Gasteiger partial charge is 0.123 e. The number of rotatable bonds is 5. The minimum atomic E-state index is -0.00185. The normalized spacial score (nSPS) is 19.4. The molecule has 0 saturated heterocycles. The van der Waals surface area contributed by atoms with E-state index in [9.17, 15) is 5.11 Å². The molecule has 1 aliphatic carbocycles. The fourth-order valence-corrected chi connectivity index (χ4v) is 3.20. The van der Waals surface area contributed by atoms with Crippen molar-refractivity contribution in [2.45, 2.75) is 25.3 Å². The number of methoxy groups -OCH3 is 1. The molecule has 18 heavy (non-hydrogen) atoms. The molecular formula is C15H23NO2. The maximum absolute atomic E-state index is 9.81. The van der Waals surface area contributed by atoms with Crippen LogP contribution in [0.1, 0.15) is 30.9 Å². The third kappa shape index (κ3) is 2.13. The van der Waals surface area contributed by atoms with Crippen molar-refractivity contribution in [3.8, 4) is 5.75 Å². The Hall–Kier alpha value is -1.06. The lowest BCUT2D eigenvalue weighted by Gasteiger charge is -2.49. The number of aliphatic hydroxyl groups excluding tert-OH is 1. The maximum Gasteiger partial charge on any atom is 0.123 e. The van der Waals surface area contributed by atoms with E-state index < -0.39 is 0 Å². The van der Waals surface area contributed by atoms with E-state index in [0.717, 1.165) is 18.6 Å². The van der Waals surface area contributed by atoms with Crippen molar-refractivity contribution in [2.24, 2.45) is 5.41 Å². The molecule has 0 radical (unpaired) electrons. The van der Waals surface area contributed by atoms with Crippen LogP contribution in [0.2, 0.25) is 0 Å². The van der Waals surface area contributed by atoms with E-state index in [0.29, 0.717) is 0 Å². The first-order valence-corrected chi connectivity index (χ1v) is 6.55. The molecule has 1 N–H and O–H groups in total. The van der Waals surface area contributed by atoms with Gasteiger partial charge in [-0.15, -0.1) is 0 Å². The Bertz CT molecular complexity index is 394. The Morgan fingerprint density at radius 1 is 1.33 bits per heavy atom. The molecule has 1 fully saturated rings. The highest BCUT2D eigenvalue weighted by Gasteiger charge is 2.46. The molecule has 0 amide bonds. The second kappa shape index (κ2) is 5.29. The van der Waals surface area contributed by atoms with Gasteiger partial charge in [0.25, 0.3) is 0 Å². The van der Waals surface area contributed by atoms with Gasteiger partial charge in [-0.3, -0.25) is 0 Å². The Labute approximate surface area is 109 Å². The summed E-state index contributed by atoms with van der Waals surface area (Å²) in [6.07, 6.45) is 3.38. The van der Waals surface area contributed by atoms with Crippen molar-refractivity contribution in [1.82, 2.24) is 4.90 Å². The van der Waals surface area contributed by atoms with Gasteiger partial charge >= 0.3 is 0 Å². The highest BCUT2D eigenvalue weighted by Crippen LogP contribution is 2.53. The number of nitrogens with zero attached hydrogens (tertiary/aromatic N) is 1. The van der Waals surface area contributed by atoms with Crippen molar-refractivity contribution in [2.75, 3.05) is 27.8 Å². The molecule has 3 heteroatoms. The molecule has 0 aliphatic heterocycles. The van der Waals surface area contributed by atoms with Crippen LogP contribution in [-0.2, 0) is 0 Å². The minimum absolute atomic E-state index is 0.00185. The van der Waals surface area contributed by atoms with Crippen LogP contribution in [0.3, 0.4) is 0 Å². The largest absolute Gasteiger partial charge is 0.496 e. The topological polar surface area (TPSA) is 32.7 Å². The zero-order valence-electron chi connectivity index (χ0n) is 11.5. The van der Waals surface area contributed by atoms with Crippen molar-refractivity contribution in [3.63, 3.8) is 0 Å². The molecule has 1 aromatic rings. The molecule has 0 heterocycles. The van der Waals surface area contributed by atoms with E-state index in [1.165, 1.54) is 12.0 Å². The summed E-state index contributed by atoms with van der Waals surface area (Å²) in [5.41, 5.74) is 1.18. The number of para-hydroxylation sites is 1. The number of aliphatic hydroxyl groups is 1. The zero-order chi connectivity index (χ0) is 13.2. The predicted octanol–water partition coefficient (Wildman–Crippen LogP) is 2.46. The first kappa shape index (κ1) is 13.4. The van der Waals surface area contributed by atoms with Gasteiger partial charge in [0.15, 0.2) is 0 Å². The fourth-order valence-electron chi connectivity index (χ4n) is 3.20. The van der Waals surface area contributed by atoms with Gasteiger partial charge in [0.1, 0.15) is 5.75 Å². The van der Waals surface area contributed by atoms with Crippen molar-refractivity contribution < 1.29 is 9.84 Å². The summed E-state index contributed by atoms with van der Waals surface area (Å²) in [5, 5.41) is 9.81.